The van der Waals surface area contributed by atoms with Crippen LogP contribution in [-0.4, -0.2) is 49.4 Å². The van der Waals surface area contributed by atoms with Crippen molar-refractivity contribution in [2.45, 2.75) is 58.3 Å². The predicted molar refractivity (Wildman–Crippen MR) is 120 cm³/mol. The molecule has 1 N–H and O–H groups in total. The number of hydrogen-bond donors (Lipinski definition) is 1. The summed E-state index contributed by atoms with van der Waals surface area (Å²) >= 11 is 0. The van der Waals surface area contributed by atoms with Gasteiger partial charge < -0.3 is 15.1 Å². The van der Waals surface area contributed by atoms with Gasteiger partial charge >= 0.3 is 0 Å². The molecule has 0 radical (unpaired) electrons. The van der Waals surface area contributed by atoms with E-state index in [1.54, 1.807) is 0 Å². The Kier molecular flexibility index (Phi) is 7.08. The van der Waals surface area contributed by atoms with E-state index in [1.807, 2.05) is 23.1 Å². The number of benzene rings is 1. The Morgan fingerprint density at radius 2 is 1.73 bits per heavy atom. The summed E-state index contributed by atoms with van der Waals surface area (Å²) in [6.45, 7) is 7.11. The fourth-order valence-corrected chi connectivity index (χ4v) is 5.56. The molecule has 0 aromatic heterocycles. The lowest BCUT2D eigenvalue weighted by molar-refractivity contribution is -0.135. The fraction of sp³-hybridized carbons (Fsp3) is 0.680. The van der Waals surface area contributed by atoms with Gasteiger partial charge in [0.1, 0.15) is 0 Å². The molecule has 0 spiro atoms. The van der Waals surface area contributed by atoms with Crippen molar-refractivity contribution in [1.82, 2.24) is 10.2 Å². The van der Waals surface area contributed by atoms with Crippen molar-refractivity contribution in [2.75, 3.05) is 37.6 Å². The van der Waals surface area contributed by atoms with Crippen molar-refractivity contribution in [3.05, 3.63) is 29.8 Å². The van der Waals surface area contributed by atoms with Gasteiger partial charge in [0.2, 0.25) is 11.8 Å². The van der Waals surface area contributed by atoms with Gasteiger partial charge in [-0.2, -0.15) is 0 Å². The average molecular weight is 412 g/mol. The first kappa shape index (κ1) is 21.4. The maximum absolute atomic E-state index is 13.4. The van der Waals surface area contributed by atoms with Crippen molar-refractivity contribution < 1.29 is 9.59 Å². The van der Waals surface area contributed by atoms with E-state index < -0.39 is 0 Å². The summed E-state index contributed by atoms with van der Waals surface area (Å²) in [6.07, 6.45) is 8.61. The minimum absolute atomic E-state index is 0.0889. The summed E-state index contributed by atoms with van der Waals surface area (Å²) in [5.74, 6) is 0.325. The van der Waals surface area contributed by atoms with Crippen molar-refractivity contribution >= 4 is 17.5 Å². The molecule has 1 aliphatic carbocycles. The van der Waals surface area contributed by atoms with Crippen LogP contribution in [0.25, 0.3) is 0 Å². The molecule has 4 rings (SSSR count). The molecule has 2 fully saturated rings. The van der Waals surface area contributed by atoms with Gasteiger partial charge in [0.15, 0.2) is 0 Å². The molecule has 3 unspecified atom stereocenters. The molecule has 1 saturated heterocycles. The van der Waals surface area contributed by atoms with Crippen LogP contribution in [-0.2, 0) is 16.0 Å². The molecular formula is C25H37N3O2. The van der Waals surface area contributed by atoms with Crippen molar-refractivity contribution in [1.29, 1.82) is 0 Å². The molecule has 164 valence electrons. The third-order valence-corrected chi connectivity index (χ3v) is 7.22. The van der Waals surface area contributed by atoms with Crippen LogP contribution in [0.4, 0.5) is 5.69 Å². The molecule has 2 aliphatic heterocycles. The van der Waals surface area contributed by atoms with Crippen molar-refractivity contribution in [3.63, 3.8) is 0 Å². The van der Waals surface area contributed by atoms with Gasteiger partial charge in [-0.05, 0) is 62.7 Å². The first-order valence-corrected chi connectivity index (χ1v) is 12.0. The minimum atomic E-state index is -0.179. The predicted octanol–water partition coefficient (Wildman–Crippen LogP) is 3.62. The third-order valence-electron chi connectivity index (χ3n) is 7.22. The SMILES string of the molecule is CC(CNC(=O)C1CCCCC1C(=O)N1CCc2ccccc21)CN1CCCCC1. The summed E-state index contributed by atoms with van der Waals surface area (Å²) in [4.78, 5) is 31.0. The largest absolute Gasteiger partial charge is 0.356 e. The van der Waals surface area contributed by atoms with E-state index in [4.69, 9.17) is 0 Å². The van der Waals surface area contributed by atoms with E-state index in [0.717, 1.165) is 50.9 Å². The van der Waals surface area contributed by atoms with Gasteiger partial charge in [-0.25, -0.2) is 0 Å². The highest BCUT2D eigenvalue weighted by Gasteiger charge is 2.39. The molecule has 3 aliphatic rings. The Morgan fingerprint density at radius 1 is 1.00 bits per heavy atom. The van der Waals surface area contributed by atoms with Crippen LogP contribution in [0.3, 0.4) is 0 Å². The number of fused-ring (bicyclic) bond motifs is 1. The van der Waals surface area contributed by atoms with Crippen LogP contribution in [0.2, 0.25) is 0 Å². The second kappa shape index (κ2) is 9.95. The summed E-state index contributed by atoms with van der Waals surface area (Å²) in [6, 6.07) is 8.19. The number of rotatable bonds is 6. The number of para-hydroxylation sites is 1. The molecule has 3 atom stereocenters. The second-order valence-electron chi connectivity index (χ2n) is 9.58. The maximum Gasteiger partial charge on any atom is 0.230 e. The van der Waals surface area contributed by atoms with E-state index >= 15 is 0 Å². The lowest BCUT2D eigenvalue weighted by atomic mass is 9.77. The number of likely N-dealkylation sites (tertiary alicyclic amines) is 1. The Balaban J connectivity index is 1.34. The second-order valence-corrected chi connectivity index (χ2v) is 9.58. The highest BCUT2D eigenvalue weighted by atomic mass is 16.2. The van der Waals surface area contributed by atoms with Gasteiger partial charge in [0.25, 0.3) is 0 Å². The number of nitrogens with zero attached hydrogens (tertiary/aromatic N) is 2. The van der Waals surface area contributed by atoms with E-state index in [0.29, 0.717) is 12.5 Å². The van der Waals surface area contributed by atoms with Crippen LogP contribution in [0, 0.1) is 17.8 Å². The first-order chi connectivity index (χ1) is 14.6. The number of carbonyl (C=O) groups is 2. The molecule has 1 aromatic carbocycles. The van der Waals surface area contributed by atoms with Gasteiger partial charge in [-0.15, -0.1) is 0 Å². The zero-order valence-electron chi connectivity index (χ0n) is 18.4. The van der Waals surface area contributed by atoms with Crippen molar-refractivity contribution in [3.8, 4) is 0 Å². The highest BCUT2D eigenvalue weighted by Crippen LogP contribution is 2.35. The van der Waals surface area contributed by atoms with Crippen LogP contribution in [0.5, 0.6) is 0 Å². The number of hydrogen-bond acceptors (Lipinski definition) is 3. The standard InChI is InChI=1S/C25H37N3O2/c1-19(18-27-14-7-2-8-15-27)17-26-24(29)21-10-4-5-11-22(21)25(30)28-16-13-20-9-3-6-12-23(20)28/h3,6,9,12,19,21-22H,2,4-5,7-8,10-11,13-18H2,1H3,(H,26,29). The molecule has 2 heterocycles. The van der Waals surface area contributed by atoms with E-state index in [-0.39, 0.29) is 23.7 Å². The number of piperidine rings is 1. The van der Waals surface area contributed by atoms with Crippen LogP contribution >= 0.6 is 0 Å². The molecule has 0 bridgehead atoms. The molecule has 5 nitrogen and oxygen atoms in total. The Bertz CT molecular complexity index is 744. The molecule has 1 saturated carbocycles. The van der Waals surface area contributed by atoms with E-state index in [1.165, 1.54) is 37.9 Å². The maximum atomic E-state index is 13.4. The molecule has 5 heteroatoms. The molecular weight excluding hydrogens is 374 g/mol. The lowest BCUT2D eigenvalue weighted by Gasteiger charge is -2.33. The Morgan fingerprint density at radius 3 is 2.53 bits per heavy atom. The molecule has 2 amide bonds. The zero-order valence-corrected chi connectivity index (χ0v) is 18.4. The zero-order chi connectivity index (χ0) is 20.9. The molecule has 1 aromatic rings. The monoisotopic (exact) mass is 411 g/mol. The van der Waals surface area contributed by atoms with Crippen LogP contribution < -0.4 is 10.2 Å². The normalized spacial score (nSPS) is 25.6. The number of anilines is 1. The highest BCUT2D eigenvalue weighted by molar-refractivity contribution is 5.99. The van der Waals surface area contributed by atoms with Crippen LogP contribution in [0.15, 0.2) is 24.3 Å². The third kappa shape index (κ3) is 4.88. The summed E-state index contributed by atoms with van der Waals surface area (Å²) < 4.78 is 0. The fourth-order valence-electron chi connectivity index (χ4n) is 5.56. The van der Waals surface area contributed by atoms with Gasteiger partial charge in [-0.1, -0.05) is 44.4 Å². The number of amides is 2. The van der Waals surface area contributed by atoms with E-state index in [2.05, 4.69) is 23.2 Å². The summed E-state index contributed by atoms with van der Waals surface area (Å²) in [5.41, 5.74) is 2.29. The van der Waals surface area contributed by atoms with Gasteiger partial charge in [-0.3, -0.25) is 9.59 Å². The Labute approximate surface area is 181 Å². The number of carbonyl (C=O) groups excluding carboxylic acids is 2. The average Bonchev–Trinajstić information content (AvgIpc) is 3.22. The smallest absolute Gasteiger partial charge is 0.230 e. The minimum Gasteiger partial charge on any atom is -0.356 e. The topological polar surface area (TPSA) is 52.7 Å². The van der Waals surface area contributed by atoms with Gasteiger partial charge in [0, 0.05) is 31.2 Å². The first-order valence-electron chi connectivity index (χ1n) is 12.0. The molecule has 30 heavy (non-hydrogen) atoms. The van der Waals surface area contributed by atoms with E-state index in [9.17, 15) is 9.59 Å². The summed E-state index contributed by atoms with van der Waals surface area (Å²) in [5, 5.41) is 3.20. The lowest BCUT2D eigenvalue weighted by Crippen LogP contribution is -2.46. The quantitative estimate of drug-likeness (QED) is 0.778. The number of nitrogens with one attached hydrogen (secondary N) is 1. The summed E-state index contributed by atoms with van der Waals surface area (Å²) in [7, 11) is 0. The van der Waals surface area contributed by atoms with Crippen molar-refractivity contribution in [2.24, 2.45) is 17.8 Å². The Hall–Kier alpha value is -1.88. The van der Waals surface area contributed by atoms with Gasteiger partial charge in [0.05, 0.1) is 5.92 Å². The van der Waals surface area contributed by atoms with Crippen LogP contribution in [0.1, 0.15) is 57.4 Å².